The van der Waals surface area contributed by atoms with Gasteiger partial charge in [-0.2, -0.15) is 0 Å². The van der Waals surface area contributed by atoms with Gasteiger partial charge in [-0.25, -0.2) is 4.79 Å². The van der Waals surface area contributed by atoms with Crippen molar-refractivity contribution in [3.8, 4) is 0 Å². The summed E-state index contributed by atoms with van der Waals surface area (Å²) in [5.41, 5.74) is 2.27. The second kappa shape index (κ2) is 6.52. The monoisotopic (exact) mass is 290 g/mol. The summed E-state index contributed by atoms with van der Waals surface area (Å²) in [6.07, 6.45) is 0.756. The molecule has 2 rings (SSSR count). The quantitative estimate of drug-likeness (QED) is 0.658. The van der Waals surface area contributed by atoms with Gasteiger partial charge in [-0.1, -0.05) is 37.3 Å². The van der Waals surface area contributed by atoms with Crippen LogP contribution < -0.4 is 10.6 Å². The van der Waals surface area contributed by atoms with Crippen LogP contribution in [-0.2, 0) is 9.53 Å². The first-order valence-electron chi connectivity index (χ1n) is 6.71. The number of thiocarbonyl (C=S) groups is 1. The molecule has 20 heavy (non-hydrogen) atoms. The Labute approximate surface area is 124 Å². The molecule has 0 saturated carbocycles. The topological polar surface area (TPSA) is 50.4 Å². The number of esters is 1. The first-order valence-corrected chi connectivity index (χ1v) is 7.12. The number of rotatable bonds is 4. The van der Waals surface area contributed by atoms with Crippen LogP contribution >= 0.6 is 12.2 Å². The molecule has 0 aliphatic carbocycles. The number of carbonyl (C=O) groups is 1. The van der Waals surface area contributed by atoms with Gasteiger partial charge in [0, 0.05) is 0 Å². The minimum Gasteiger partial charge on any atom is -0.463 e. The molecule has 2 N–H and O–H groups in total. The highest BCUT2D eigenvalue weighted by atomic mass is 32.1. The van der Waals surface area contributed by atoms with Gasteiger partial charge in [-0.3, -0.25) is 0 Å². The van der Waals surface area contributed by atoms with E-state index in [2.05, 4.69) is 10.6 Å². The zero-order valence-corrected chi connectivity index (χ0v) is 12.4. The summed E-state index contributed by atoms with van der Waals surface area (Å²) in [6, 6.07) is 9.56. The third kappa shape index (κ3) is 2.99. The zero-order valence-electron chi connectivity index (χ0n) is 11.6. The van der Waals surface area contributed by atoms with Crippen LogP contribution in [0.15, 0.2) is 35.9 Å². The molecule has 1 aliphatic rings. The van der Waals surface area contributed by atoms with Crippen molar-refractivity contribution in [2.45, 2.75) is 26.3 Å². The highest BCUT2D eigenvalue weighted by Crippen LogP contribution is 2.24. The van der Waals surface area contributed by atoms with E-state index in [0.717, 1.165) is 17.7 Å². The van der Waals surface area contributed by atoms with Crippen LogP contribution in [0, 0.1) is 0 Å². The Morgan fingerprint density at radius 1 is 1.30 bits per heavy atom. The first-order chi connectivity index (χ1) is 9.67. The summed E-state index contributed by atoms with van der Waals surface area (Å²) >= 11 is 5.22. The third-order valence-corrected chi connectivity index (χ3v) is 3.35. The van der Waals surface area contributed by atoms with Gasteiger partial charge in [0.15, 0.2) is 5.11 Å². The van der Waals surface area contributed by atoms with Gasteiger partial charge in [0.2, 0.25) is 0 Å². The molecular weight excluding hydrogens is 272 g/mol. The summed E-state index contributed by atoms with van der Waals surface area (Å²) in [4.78, 5) is 12.3. The molecule has 0 saturated heterocycles. The molecular formula is C15H18N2O2S. The molecule has 1 aromatic carbocycles. The molecule has 0 fully saturated rings. The Balaban J connectivity index is 2.52. The largest absolute Gasteiger partial charge is 0.463 e. The lowest BCUT2D eigenvalue weighted by molar-refractivity contribution is -0.138. The van der Waals surface area contributed by atoms with Crippen molar-refractivity contribution >= 4 is 29.0 Å². The van der Waals surface area contributed by atoms with Gasteiger partial charge >= 0.3 is 5.97 Å². The molecule has 1 aromatic rings. The van der Waals surface area contributed by atoms with Gasteiger partial charge in [0.1, 0.15) is 0 Å². The van der Waals surface area contributed by atoms with Crippen molar-refractivity contribution in [2.75, 3.05) is 6.61 Å². The first kappa shape index (κ1) is 14.5. The Kier molecular flexibility index (Phi) is 4.74. The van der Waals surface area contributed by atoms with E-state index in [1.165, 1.54) is 0 Å². The van der Waals surface area contributed by atoms with E-state index in [1.54, 1.807) is 6.92 Å². The maximum atomic E-state index is 12.3. The maximum Gasteiger partial charge on any atom is 0.338 e. The molecule has 5 heteroatoms. The SMILES string of the molecule is CCOC(=O)C1=C(c2ccccc2)NC(=S)NC1CC. The smallest absolute Gasteiger partial charge is 0.338 e. The molecule has 0 bridgehead atoms. The molecule has 1 unspecified atom stereocenters. The average molecular weight is 290 g/mol. The molecule has 1 heterocycles. The summed E-state index contributed by atoms with van der Waals surface area (Å²) < 4.78 is 5.18. The van der Waals surface area contributed by atoms with Crippen LogP contribution in [0.1, 0.15) is 25.8 Å². The number of nitrogens with one attached hydrogen (secondary N) is 2. The lowest BCUT2D eigenvalue weighted by atomic mass is 9.96. The molecule has 0 aromatic heterocycles. The molecule has 0 amide bonds. The molecule has 1 atom stereocenters. The molecule has 0 radical (unpaired) electrons. The van der Waals surface area contributed by atoms with E-state index < -0.39 is 0 Å². The van der Waals surface area contributed by atoms with Gasteiger partial charge in [0.25, 0.3) is 0 Å². The van der Waals surface area contributed by atoms with Crippen LogP contribution in [0.25, 0.3) is 5.70 Å². The lowest BCUT2D eigenvalue weighted by Gasteiger charge is -2.30. The maximum absolute atomic E-state index is 12.3. The van der Waals surface area contributed by atoms with E-state index >= 15 is 0 Å². The van der Waals surface area contributed by atoms with Crippen LogP contribution in [-0.4, -0.2) is 23.7 Å². The molecule has 0 spiro atoms. The van der Waals surface area contributed by atoms with Gasteiger partial charge in [-0.15, -0.1) is 0 Å². The highest BCUT2D eigenvalue weighted by molar-refractivity contribution is 7.80. The molecule has 4 nitrogen and oxygen atoms in total. The third-order valence-electron chi connectivity index (χ3n) is 3.13. The van der Waals surface area contributed by atoms with Crippen LogP contribution in [0.3, 0.4) is 0 Å². The van der Waals surface area contributed by atoms with Crippen LogP contribution in [0.5, 0.6) is 0 Å². The molecule has 106 valence electrons. The van der Waals surface area contributed by atoms with E-state index in [-0.39, 0.29) is 12.0 Å². The fraction of sp³-hybridized carbons (Fsp3) is 0.333. The second-order valence-corrected chi connectivity index (χ2v) is 4.84. The summed E-state index contributed by atoms with van der Waals surface area (Å²) in [5, 5.41) is 6.73. The summed E-state index contributed by atoms with van der Waals surface area (Å²) in [5.74, 6) is -0.305. The van der Waals surface area contributed by atoms with E-state index in [1.807, 2.05) is 37.3 Å². The highest BCUT2D eigenvalue weighted by Gasteiger charge is 2.30. The average Bonchev–Trinajstić information content (AvgIpc) is 2.47. The van der Waals surface area contributed by atoms with Gasteiger partial charge in [0.05, 0.1) is 23.9 Å². The molecule has 1 aliphatic heterocycles. The van der Waals surface area contributed by atoms with Crippen LogP contribution in [0.2, 0.25) is 0 Å². The van der Waals surface area contributed by atoms with Crippen molar-refractivity contribution < 1.29 is 9.53 Å². The summed E-state index contributed by atoms with van der Waals surface area (Å²) in [7, 11) is 0. The van der Waals surface area contributed by atoms with E-state index in [4.69, 9.17) is 17.0 Å². The summed E-state index contributed by atoms with van der Waals surface area (Å²) in [6.45, 7) is 4.16. The Hall–Kier alpha value is -1.88. The minimum atomic E-state index is -0.305. The van der Waals surface area contributed by atoms with Crippen molar-refractivity contribution in [1.29, 1.82) is 0 Å². The van der Waals surface area contributed by atoms with Crippen molar-refractivity contribution in [2.24, 2.45) is 0 Å². The fourth-order valence-corrected chi connectivity index (χ4v) is 2.46. The van der Waals surface area contributed by atoms with Crippen molar-refractivity contribution in [3.05, 3.63) is 41.5 Å². The second-order valence-electron chi connectivity index (χ2n) is 4.43. The fourth-order valence-electron chi connectivity index (χ4n) is 2.21. The number of benzene rings is 1. The standard InChI is InChI=1S/C15H18N2O2S/c1-3-11-12(14(18)19-4-2)13(17-15(20)16-11)10-8-6-5-7-9-10/h5-9,11H,3-4H2,1-2H3,(H2,16,17,20). The Morgan fingerprint density at radius 2 is 2.00 bits per heavy atom. The number of hydrogen-bond donors (Lipinski definition) is 2. The van der Waals surface area contributed by atoms with E-state index in [0.29, 0.717) is 17.3 Å². The van der Waals surface area contributed by atoms with Crippen LogP contribution in [0.4, 0.5) is 0 Å². The Bertz CT molecular complexity index is 540. The predicted octanol–water partition coefficient (Wildman–Crippen LogP) is 2.22. The van der Waals surface area contributed by atoms with Crippen molar-refractivity contribution in [1.82, 2.24) is 10.6 Å². The number of hydrogen-bond acceptors (Lipinski definition) is 3. The predicted molar refractivity (Wildman–Crippen MR) is 82.9 cm³/mol. The Morgan fingerprint density at radius 3 is 2.60 bits per heavy atom. The number of carbonyl (C=O) groups excluding carboxylic acids is 1. The zero-order chi connectivity index (χ0) is 14.5. The van der Waals surface area contributed by atoms with Gasteiger partial charge < -0.3 is 15.4 Å². The number of ether oxygens (including phenoxy) is 1. The normalized spacial score (nSPS) is 18.3. The van der Waals surface area contributed by atoms with Gasteiger partial charge in [-0.05, 0) is 31.1 Å². The lowest BCUT2D eigenvalue weighted by Crippen LogP contribution is -2.49. The van der Waals surface area contributed by atoms with Crippen molar-refractivity contribution in [3.63, 3.8) is 0 Å². The minimum absolute atomic E-state index is 0.127. The van der Waals surface area contributed by atoms with E-state index in [9.17, 15) is 4.79 Å².